The minimum atomic E-state index is 0.307. The molecule has 0 bridgehead atoms. The van der Waals surface area contributed by atoms with E-state index in [4.69, 9.17) is 15.3 Å². The van der Waals surface area contributed by atoms with Crippen LogP contribution in [0.3, 0.4) is 0 Å². The van der Waals surface area contributed by atoms with Crippen molar-refractivity contribution in [3.8, 4) is 17.9 Å². The van der Waals surface area contributed by atoms with Gasteiger partial charge in [0, 0.05) is 4.47 Å². The van der Waals surface area contributed by atoms with Gasteiger partial charge in [0.15, 0.2) is 0 Å². The Hall–Kier alpha value is -1.52. The normalized spacial score (nSPS) is 8.79. The molecule has 0 aliphatic carbocycles. The highest BCUT2D eigenvalue weighted by molar-refractivity contribution is 9.10. The van der Waals surface area contributed by atoms with E-state index in [-0.39, 0.29) is 0 Å². The highest BCUT2D eigenvalue weighted by Gasteiger charge is 2.03. The molecule has 4 heteroatoms. The fraction of sp³-hybridized carbons (Fsp3) is 0.200. The van der Waals surface area contributed by atoms with Crippen LogP contribution in [-0.4, -0.2) is 6.61 Å². The Morgan fingerprint density at radius 3 is 2.79 bits per heavy atom. The van der Waals surface area contributed by atoms with Gasteiger partial charge in [-0.25, -0.2) is 0 Å². The van der Waals surface area contributed by atoms with Crippen molar-refractivity contribution in [2.45, 2.75) is 6.42 Å². The Balaban J connectivity index is 2.80. The first kappa shape index (κ1) is 10.6. The van der Waals surface area contributed by atoms with Gasteiger partial charge in [-0.15, -0.1) is 0 Å². The number of nitriles is 2. The Morgan fingerprint density at radius 2 is 2.14 bits per heavy atom. The lowest BCUT2D eigenvalue weighted by molar-refractivity contribution is 0.325. The highest BCUT2D eigenvalue weighted by atomic mass is 79.9. The van der Waals surface area contributed by atoms with E-state index < -0.39 is 0 Å². The van der Waals surface area contributed by atoms with Crippen LogP contribution in [0.5, 0.6) is 5.75 Å². The topological polar surface area (TPSA) is 56.8 Å². The number of ether oxygens (including phenoxy) is 1. The predicted octanol–water partition coefficient (Wildman–Crippen LogP) is 2.61. The van der Waals surface area contributed by atoms with Crippen LogP contribution in [0.25, 0.3) is 0 Å². The lowest BCUT2D eigenvalue weighted by atomic mass is 10.2. The van der Waals surface area contributed by atoms with Crippen molar-refractivity contribution in [2.75, 3.05) is 6.61 Å². The molecule has 0 aromatic heterocycles. The van der Waals surface area contributed by atoms with Crippen LogP contribution in [0.1, 0.15) is 12.0 Å². The van der Waals surface area contributed by atoms with Gasteiger partial charge >= 0.3 is 0 Å². The maximum Gasteiger partial charge on any atom is 0.138 e. The summed E-state index contributed by atoms with van der Waals surface area (Å²) in [7, 11) is 0. The Morgan fingerprint density at radius 1 is 1.36 bits per heavy atom. The van der Waals surface area contributed by atoms with E-state index in [1.54, 1.807) is 18.2 Å². The van der Waals surface area contributed by atoms with Crippen LogP contribution in [0.2, 0.25) is 0 Å². The van der Waals surface area contributed by atoms with Crippen molar-refractivity contribution >= 4 is 15.9 Å². The maximum absolute atomic E-state index is 8.76. The lowest BCUT2D eigenvalue weighted by Crippen LogP contribution is -1.97. The van der Waals surface area contributed by atoms with E-state index in [1.165, 1.54) is 0 Å². The third-order valence-corrected chi connectivity index (χ3v) is 2.03. The molecule has 0 radical (unpaired) electrons. The third-order valence-electron chi connectivity index (χ3n) is 1.54. The van der Waals surface area contributed by atoms with Crippen molar-refractivity contribution in [1.29, 1.82) is 10.5 Å². The third kappa shape index (κ3) is 2.76. The molecule has 0 amide bonds. The van der Waals surface area contributed by atoms with E-state index in [2.05, 4.69) is 15.9 Å². The Kier molecular flexibility index (Phi) is 3.97. The second-order valence-electron chi connectivity index (χ2n) is 2.51. The van der Waals surface area contributed by atoms with Crippen LogP contribution in [0.4, 0.5) is 0 Å². The molecular formula is C10H7BrN2O. The first-order valence-corrected chi connectivity index (χ1v) is 4.76. The standard InChI is InChI=1S/C10H7BrN2O/c11-9-3-2-8(7-13)10(6-9)14-5-1-4-12/h2-3,6H,1,5H2. The minimum absolute atomic E-state index is 0.307. The molecule has 0 aliphatic heterocycles. The van der Waals surface area contributed by atoms with Gasteiger partial charge in [-0.2, -0.15) is 10.5 Å². The van der Waals surface area contributed by atoms with Crippen molar-refractivity contribution < 1.29 is 4.74 Å². The van der Waals surface area contributed by atoms with Crippen LogP contribution in [-0.2, 0) is 0 Å². The molecule has 0 saturated carbocycles. The van der Waals surface area contributed by atoms with Gasteiger partial charge in [-0.3, -0.25) is 0 Å². The van der Waals surface area contributed by atoms with Crippen LogP contribution in [0.15, 0.2) is 22.7 Å². The zero-order valence-electron chi connectivity index (χ0n) is 7.33. The number of hydrogen-bond donors (Lipinski definition) is 0. The molecule has 0 atom stereocenters. The number of halogens is 1. The quantitative estimate of drug-likeness (QED) is 0.776. The first-order valence-electron chi connectivity index (χ1n) is 3.97. The van der Waals surface area contributed by atoms with Crippen LogP contribution < -0.4 is 4.74 Å². The molecule has 3 nitrogen and oxygen atoms in total. The molecule has 0 heterocycles. The number of benzene rings is 1. The number of rotatable bonds is 3. The van der Waals surface area contributed by atoms with Gasteiger partial charge < -0.3 is 4.74 Å². The first-order chi connectivity index (χ1) is 6.77. The van der Waals surface area contributed by atoms with Gasteiger partial charge in [0.2, 0.25) is 0 Å². The fourth-order valence-electron chi connectivity index (χ4n) is 0.915. The summed E-state index contributed by atoms with van der Waals surface area (Å²) in [5.74, 6) is 0.511. The summed E-state index contributed by atoms with van der Waals surface area (Å²) in [6.07, 6.45) is 0.317. The summed E-state index contributed by atoms with van der Waals surface area (Å²) >= 11 is 3.28. The SMILES string of the molecule is N#CCCOc1cc(Br)ccc1C#N. The summed E-state index contributed by atoms with van der Waals surface area (Å²) in [6.45, 7) is 0.307. The molecule has 70 valence electrons. The summed E-state index contributed by atoms with van der Waals surface area (Å²) in [6, 6.07) is 9.16. The zero-order valence-corrected chi connectivity index (χ0v) is 8.91. The molecule has 0 N–H and O–H groups in total. The van der Waals surface area contributed by atoms with Gasteiger partial charge in [0.05, 0.1) is 18.1 Å². The van der Waals surface area contributed by atoms with Crippen molar-refractivity contribution in [3.05, 3.63) is 28.2 Å². The Labute approximate surface area is 90.7 Å². The molecule has 0 aliphatic rings. The average Bonchev–Trinajstić information content (AvgIpc) is 2.19. The summed E-state index contributed by atoms with van der Waals surface area (Å²) in [5.41, 5.74) is 0.478. The molecule has 1 aromatic rings. The summed E-state index contributed by atoms with van der Waals surface area (Å²) in [4.78, 5) is 0. The highest BCUT2D eigenvalue weighted by Crippen LogP contribution is 2.22. The van der Waals surface area contributed by atoms with Gasteiger partial charge in [0.25, 0.3) is 0 Å². The molecule has 0 saturated heterocycles. The molecule has 0 fully saturated rings. The van der Waals surface area contributed by atoms with E-state index in [0.717, 1.165) is 4.47 Å². The molecule has 1 rings (SSSR count). The minimum Gasteiger partial charge on any atom is -0.491 e. The van der Waals surface area contributed by atoms with E-state index in [1.807, 2.05) is 12.1 Å². The predicted molar refractivity (Wildman–Crippen MR) is 54.6 cm³/mol. The number of nitrogens with zero attached hydrogens (tertiary/aromatic N) is 2. The number of hydrogen-bond acceptors (Lipinski definition) is 3. The van der Waals surface area contributed by atoms with Crippen molar-refractivity contribution in [1.82, 2.24) is 0 Å². The average molecular weight is 251 g/mol. The molecule has 14 heavy (non-hydrogen) atoms. The molecule has 0 spiro atoms. The van der Waals surface area contributed by atoms with Crippen molar-refractivity contribution in [2.24, 2.45) is 0 Å². The fourth-order valence-corrected chi connectivity index (χ4v) is 1.25. The van der Waals surface area contributed by atoms with Gasteiger partial charge in [0.1, 0.15) is 18.4 Å². The maximum atomic E-state index is 8.76. The van der Waals surface area contributed by atoms with Crippen LogP contribution >= 0.6 is 15.9 Å². The lowest BCUT2D eigenvalue weighted by Gasteiger charge is -2.05. The van der Waals surface area contributed by atoms with E-state index in [9.17, 15) is 0 Å². The molecular weight excluding hydrogens is 244 g/mol. The van der Waals surface area contributed by atoms with Crippen LogP contribution in [0, 0.1) is 22.7 Å². The zero-order chi connectivity index (χ0) is 10.4. The monoisotopic (exact) mass is 250 g/mol. The summed E-state index contributed by atoms with van der Waals surface area (Å²) in [5, 5.41) is 17.1. The second kappa shape index (κ2) is 5.26. The van der Waals surface area contributed by atoms with Crippen molar-refractivity contribution in [3.63, 3.8) is 0 Å². The van der Waals surface area contributed by atoms with Gasteiger partial charge in [-0.05, 0) is 18.2 Å². The van der Waals surface area contributed by atoms with E-state index >= 15 is 0 Å². The summed E-state index contributed by atoms with van der Waals surface area (Å²) < 4.78 is 6.12. The molecule has 0 unspecified atom stereocenters. The Bertz CT molecular complexity index is 404. The second-order valence-corrected chi connectivity index (χ2v) is 3.42. The largest absolute Gasteiger partial charge is 0.491 e. The smallest absolute Gasteiger partial charge is 0.138 e. The van der Waals surface area contributed by atoms with E-state index in [0.29, 0.717) is 24.3 Å². The molecule has 1 aromatic carbocycles. The van der Waals surface area contributed by atoms with Gasteiger partial charge in [-0.1, -0.05) is 15.9 Å².